The van der Waals surface area contributed by atoms with Crippen LogP contribution in [0.3, 0.4) is 0 Å². The fourth-order valence-electron chi connectivity index (χ4n) is 0.342. The van der Waals surface area contributed by atoms with Crippen LogP contribution >= 0.6 is 17.9 Å². The summed E-state index contributed by atoms with van der Waals surface area (Å²) in [5.41, 5.74) is -3.11. The van der Waals surface area contributed by atoms with Crippen LogP contribution in [0, 0.1) is 6.07 Å². The van der Waals surface area contributed by atoms with Crippen LogP contribution in [0.25, 0.3) is 0 Å². The first-order valence-corrected chi connectivity index (χ1v) is 9.79. The fourth-order valence-corrected chi connectivity index (χ4v) is 0.342. The Morgan fingerprint density at radius 3 is 1.80 bits per heavy atom. The molecule has 0 aliphatic rings. The first kappa shape index (κ1) is 18.0. The van der Waals surface area contributed by atoms with Gasteiger partial charge in [-0.05, 0) is 11.8 Å². The van der Waals surface area contributed by atoms with Crippen molar-refractivity contribution in [3.63, 3.8) is 0 Å². The number of hydrogen-bond acceptors (Lipinski definition) is 1. The maximum atomic E-state index is 7.87. The molecule has 0 bridgehead atoms. The summed E-state index contributed by atoms with van der Waals surface area (Å²) >= 11 is 8.42. The summed E-state index contributed by atoms with van der Waals surface area (Å²) in [6.45, 7) is 2.16. The fraction of sp³-hybridized carbons (Fsp3) is 0.222. The molecule has 0 atom stereocenters. The molecule has 1 rings (SSSR count). The van der Waals surface area contributed by atoms with Crippen molar-refractivity contribution in [3.8, 4) is 0 Å². The number of hydrogen-bond donors (Lipinski definition) is 3. The molecule has 0 heterocycles. The number of thiol groups is 1. The van der Waals surface area contributed by atoms with Crippen LogP contribution in [0.2, 0.25) is 0 Å². The van der Waals surface area contributed by atoms with Gasteiger partial charge >= 0.3 is 35.8 Å². The van der Waals surface area contributed by atoms with Gasteiger partial charge in [0, 0.05) is 0 Å². The van der Waals surface area contributed by atoms with E-state index in [4.69, 9.17) is 9.79 Å². The third-order valence-corrected chi connectivity index (χ3v) is 2.11. The van der Waals surface area contributed by atoms with E-state index >= 15 is 0 Å². The Morgan fingerprint density at radius 2 is 1.73 bits per heavy atom. The molecule has 1 aromatic rings. The van der Waals surface area contributed by atoms with Crippen molar-refractivity contribution in [3.05, 3.63) is 36.4 Å². The van der Waals surface area contributed by atoms with Crippen molar-refractivity contribution in [1.29, 1.82) is 0 Å². The first-order chi connectivity index (χ1) is 6.91. The minimum Gasteiger partial charge on any atom is -0.338 e. The zero-order valence-electron chi connectivity index (χ0n) is 8.58. The van der Waals surface area contributed by atoms with Crippen LogP contribution < -0.4 is 0 Å². The second-order valence-electron chi connectivity index (χ2n) is 2.29. The van der Waals surface area contributed by atoms with Gasteiger partial charge in [0.05, 0.1) is 0 Å². The second kappa shape index (κ2) is 12.7. The minimum absolute atomic E-state index is 1.25. The zero-order chi connectivity index (χ0) is 12.2. The summed E-state index contributed by atoms with van der Waals surface area (Å²) in [5.74, 6) is 0. The predicted molar refractivity (Wildman–Crippen MR) is 69.3 cm³/mol. The van der Waals surface area contributed by atoms with Gasteiger partial charge in [-0.2, -0.15) is 36.4 Å². The quantitative estimate of drug-likeness (QED) is 0.322. The molecule has 1 aromatic carbocycles. The van der Waals surface area contributed by atoms with Crippen LogP contribution in [0.1, 0.15) is 13.3 Å². The summed E-state index contributed by atoms with van der Waals surface area (Å²) in [4.78, 5) is 15.7. The maximum absolute atomic E-state index is 7.87. The molecule has 0 aliphatic heterocycles. The number of rotatable bonds is 1. The molecule has 0 aromatic heterocycles. The molecule has 0 unspecified atom stereocenters. The van der Waals surface area contributed by atoms with Crippen LogP contribution in [-0.2, 0) is 29.7 Å². The number of benzene rings is 1. The standard InChI is InChI=1S/C6H5.C3H6.H3O2PS2.Zn/c1-2-4-6-5-3-1;1-3-2;1-3(2,4)5;/h1-5H;1H,3H2,2H3;(H3,1,2,4,5);/q-1;;;. The van der Waals surface area contributed by atoms with Crippen LogP contribution in [0.15, 0.2) is 30.3 Å². The van der Waals surface area contributed by atoms with E-state index in [1.54, 1.807) is 0 Å². The van der Waals surface area contributed by atoms with Crippen LogP contribution in [0.5, 0.6) is 0 Å². The van der Waals surface area contributed by atoms with Gasteiger partial charge in [0.1, 0.15) is 0 Å². The van der Waals surface area contributed by atoms with Crippen molar-refractivity contribution in [2.45, 2.75) is 13.3 Å². The molecule has 0 radical (unpaired) electrons. The third-order valence-electron chi connectivity index (χ3n) is 0.896. The Balaban J connectivity index is 0. The monoisotopic (exact) mass is 313 g/mol. The van der Waals surface area contributed by atoms with Crippen LogP contribution in [0.4, 0.5) is 0 Å². The van der Waals surface area contributed by atoms with E-state index in [1.165, 1.54) is 24.3 Å². The van der Waals surface area contributed by atoms with Crippen molar-refractivity contribution in [2.24, 2.45) is 0 Å². The van der Waals surface area contributed by atoms with Gasteiger partial charge in [0.2, 0.25) is 5.69 Å². The molecule has 82 valence electrons. The molecule has 2 N–H and O–H groups in total. The Morgan fingerprint density at radius 1 is 1.40 bits per heavy atom. The summed E-state index contributed by atoms with van der Waals surface area (Å²) < 4.78 is 2.25. The van der Waals surface area contributed by atoms with Gasteiger partial charge in [-0.1, -0.05) is 12.2 Å². The summed E-state index contributed by atoms with van der Waals surface area (Å²) in [7, 11) is 0. The van der Waals surface area contributed by atoms with Gasteiger partial charge in [0.25, 0.3) is 0 Å². The molecular formula is C9H14O2PS2Zn-. The van der Waals surface area contributed by atoms with Crippen molar-refractivity contribution in [1.82, 2.24) is 0 Å². The molecule has 15 heavy (non-hydrogen) atoms. The normalized spacial score (nSPS) is 8.93. The van der Waals surface area contributed by atoms with Crippen molar-refractivity contribution < 1.29 is 27.6 Å². The van der Waals surface area contributed by atoms with Gasteiger partial charge in [-0.25, -0.2) is 0 Å². The van der Waals surface area contributed by atoms with E-state index in [0.29, 0.717) is 0 Å². The smallest absolute Gasteiger partial charge is 0.239 e. The Kier molecular flexibility index (Phi) is 15.3. The topological polar surface area (TPSA) is 40.5 Å². The van der Waals surface area contributed by atoms with E-state index in [9.17, 15) is 0 Å². The molecule has 0 saturated carbocycles. The molecule has 2 nitrogen and oxygen atoms in total. The average molecular weight is 315 g/mol. The van der Waals surface area contributed by atoms with E-state index in [2.05, 4.69) is 41.7 Å². The molecule has 0 amide bonds. The van der Waals surface area contributed by atoms with E-state index in [0.717, 1.165) is 0 Å². The molecule has 0 fully saturated rings. The minimum atomic E-state index is -3.11. The summed E-state index contributed by atoms with van der Waals surface area (Å²) in [6.07, 6.45) is 1.25. The van der Waals surface area contributed by atoms with E-state index in [1.807, 2.05) is 30.3 Å². The SMILES string of the molecule is CC[CH]=[Zn].OP(O)(=S)S.[c-]1ccccc1. The predicted octanol–water partition coefficient (Wildman–Crippen LogP) is 2.36. The third kappa shape index (κ3) is 40.1. The van der Waals surface area contributed by atoms with E-state index in [-0.39, 0.29) is 0 Å². The Bertz CT molecular complexity index is 242. The van der Waals surface area contributed by atoms with E-state index < -0.39 is 5.69 Å². The molecule has 0 aliphatic carbocycles. The summed E-state index contributed by atoms with van der Waals surface area (Å²) in [5, 5.41) is 0. The molecular weight excluding hydrogens is 301 g/mol. The van der Waals surface area contributed by atoms with Gasteiger partial charge in [-0.3, -0.25) is 0 Å². The Labute approximate surface area is 111 Å². The molecule has 0 spiro atoms. The first-order valence-electron chi connectivity index (χ1n) is 4.22. The molecule has 0 saturated heterocycles. The van der Waals surface area contributed by atoms with Gasteiger partial charge < -0.3 is 9.79 Å². The van der Waals surface area contributed by atoms with Gasteiger partial charge in [0.15, 0.2) is 0 Å². The van der Waals surface area contributed by atoms with Crippen LogP contribution in [-0.4, -0.2) is 14.4 Å². The van der Waals surface area contributed by atoms with Gasteiger partial charge in [-0.15, -0.1) is 0 Å². The molecule has 6 heteroatoms. The van der Waals surface area contributed by atoms with Crippen molar-refractivity contribution in [2.75, 3.05) is 0 Å². The zero-order valence-corrected chi connectivity index (χ0v) is 14.1. The Hall–Kier alpha value is 0.633. The van der Waals surface area contributed by atoms with Crippen molar-refractivity contribution >= 4 is 34.4 Å². The largest absolute Gasteiger partial charge is 0.338 e. The second-order valence-corrected chi connectivity index (χ2v) is 8.54. The maximum Gasteiger partial charge on any atom is 0.239 e. The summed E-state index contributed by atoms with van der Waals surface area (Å²) in [6, 6.07) is 12.5. The average Bonchev–Trinajstić information content (AvgIpc) is 2.18.